The molecule has 0 fully saturated rings. The van der Waals surface area contributed by atoms with Crippen LogP contribution in [0.2, 0.25) is 0 Å². The molecule has 0 bridgehead atoms. The molecule has 1 aliphatic heterocycles. The number of hydrogen-bond donors (Lipinski definition) is 0. The standard InChI is InChI=1S/C26H26N2O2/c1-19-17-25(23-15-9-10-16-24(23)27(19)20(2)29)28(22-13-7-4-8-14-22)26(30)18-21-11-5-3-6-12-21/h3-16,19,25H,17-18H2,1-2H3/t19-,25-/m0/s1. The van der Waals surface area contributed by atoms with Crippen molar-refractivity contribution in [3.05, 3.63) is 96.1 Å². The molecule has 4 nitrogen and oxygen atoms in total. The number of carbonyl (C=O) groups is 2. The molecule has 152 valence electrons. The molecule has 0 aliphatic carbocycles. The first kappa shape index (κ1) is 19.9. The minimum absolute atomic E-state index is 0.00172. The Morgan fingerprint density at radius 1 is 0.900 bits per heavy atom. The van der Waals surface area contributed by atoms with Crippen LogP contribution in [0.25, 0.3) is 0 Å². The van der Waals surface area contributed by atoms with E-state index in [1.807, 2.05) is 94.7 Å². The van der Waals surface area contributed by atoms with Crippen molar-refractivity contribution >= 4 is 23.2 Å². The molecular weight excluding hydrogens is 372 g/mol. The highest BCUT2D eigenvalue weighted by atomic mass is 16.2. The van der Waals surface area contributed by atoms with E-state index in [-0.39, 0.29) is 23.9 Å². The lowest BCUT2D eigenvalue weighted by molar-refractivity contribution is -0.118. The van der Waals surface area contributed by atoms with E-state index in [4.69, 9.17) is 0 Å². The lowest BCUT2D eigenvalue weighted by Crippen LogP contribution is -2.47. The zero-order valence-corrected chi connectivity index (χ0v) is 17.4. The van der Waals surface area contributed by atoms with Gasteiger partial charge in [0.05, 0.1) is 12.5 Å². The fourth-order valence-corrected chi connectivity index (χ4v) is 4.45. The monoisotopic (exact) mass is 398 g/mol. The molecule has 2 atom stereocenters. The molecule has 0 spiro atoms. The van der Waals surface area contributed by atoms with Gasteiger partial charge in [0.25, 0.3) is 0 Å². The highest BCUT2D eigenvalue weighted by molar-refractivity contribution is 5.98. The van der Waals surface area contributed by atoms with Gasteiger partial charge in [-0.25, -0.2) is 0 Å². The van der Waals surface area contributed by atoms with Gasteiger partial charge >= 0.3 is 0 Å². The van der Waals surface area contributed by atoms with E-state index < -0.39 is 0 Å². The topological polar surface area (TPSA) is 40.6 Å². The van der Waals surface area contributed by atoms with Gasteiger partial charge in [-0.3, -0.25) is 9.59 Å². The molecule has 0 radical (unpaired) electrons. The number of nitrogens with zero attached hydrogens (tertiary/aromatic N) is 2. The van der Waals surface area contributed by atoms with E-state index >= 15 is 0 Å². The first-order chi connectivity index (χ1) is 14.6. The Hall–Kier alpha value is -3.40. The average Bonchev–Trinajstić information content (AvgIpc) is 2.75. The van der Waals surface area contributed by atoms with Crippen molar-refractivity contribution in [2.75, 3.05) is 9.80 Å². The van der Waals surface area contributed by atoms with Gasteiger partial charge in [0.2, 0.25) is 11.8 Å². The third-order valence-electron chi connectivity index (χ3n) is 5.71. The highest BCUT2D eigenvalue weighted by Crippen LogP contribution is 2.42. The van der Waals surface area contributed by atoms with Gasteiger partial charge < -0.3 is 9.80 Å². The number of benzene rings is 3. The van der Waals surface area contributed by atoms with Crippen LogP contribution in [-0.4, -0.2) is 17.9 Å². The normalized spacial score (nSPS) is 17.9. The number of amides is 2. The first-order valence-corrected chi connectivity index (χ1v) is 10.4. The molecule has 0 unspecified atom stereocenters. The molecule has 0 N–H and O–H groups in total. The van der Waals surface area contributed by atoms with Gasteiger partial charge in [0.15, 0.2) is 0 Å². The van der Waals surface area contributed by atoms with Gasteiger partial charge in [-0.2, -0.15) is 0 Å². The highest BCUT2D eigenvalue weighted by Gasteiger charge is 2.37. The number of hydrogen-bond acceptors (Lipinski definition) is 2. The third-order valence-corrected chi connectivity index (χ3v) is 5.71. The summed E-state index contributed by atoms with van der Waals surface area (Å²) in [5, 5.41) is 0. The fourth-order valence-electron chi connectivity index (χ4n) is 4.45. The lowest BCUT2D eigenvalue weighted by Gasteiger charge is -2.43. The van der Waals surface area contributed by atoms with Crippen molar-refractivity contribution in [1.82, 2.24) is 0 Å². The van der Waals surface area contributed by atoms with E-state index in [0.717, 1.165) is 22.5 Å². The molecule has 30 heavy (non-hydrogen) atoms. The fraction of sp³-hybridized carbons (Fsp3) is 0.231. The summed E-state index contributed by atoms with van der Waals surface area (Å²) in [7, 11) is 0. The molecule has 4 rings (SSSR count). The summed E-state index contributed by atoms with van der Waals surface area (Å²) in [6.07, 6.45) is 1.02. The van der Waals surface area contributed by atoms with Crippen LogP contribution in [-0.2, 0) is 16.0 Å². The lowest BCUT2D eigenvalue weighted by atomic mass is 9.89. The van der Waals surface area contributed by atoms with E-state index in [1.54, 1.807) is 6.92 Å². The number of carbonyl (C=O) groups excluding carboxylic acids is 2. The number of para-hydroxylation sites is 2. The van der Waals surface area contributed by atoms with Crippen molar-refractivity contribution in [1.29, 1.82) is 0 Å². The average molecular weight is 399 g/mol. The number of fused-ring (bicyclic) bond motifs is 1. The Morgan fingerprint density at radius 3 is 2.17 bits per heavy atom. The smallest absolute Gasteiger partial charge is 0.231 e. The van der Waals surface area contributed by atoms with Gasteiger partial charge in [-0.05, 0) is 42.7 Å². The number of rotatable bonds is 4. The van der Waals surface area contributed by atoms with Crippen LogP contribution in [0.15, 0.2) is 84.9 Å². The van der Waals surface area contributed by atoms with Gasteiger partial charge in [0, 0.05) is 24.3 Å². The summed E-state index contributed by atoms with van der Waals surface area (Å²) >= 11 is 0. The van der Waals surface area contributed by atoms with Gasteiger partial charge in [-0.1, -0.05) is 66.7 Å². The molecule has 1 heterocycles. The Morgan fingerprint density at radius 2 is 1.50 bits per heavy atom. The first-order valence-electron chi connectivity index (χ1n) is 10.4. The molecule has 3 aromatic rings. The molecule has 0 saturated carbocycles. The Bertz CT molecular complexity index is 1030. The molecule has 0 aromatic heterocycles. The van der Waals surface area contributed by atoms with Gasteiger partial charge in [-0.15, -0.1) is 0 Å². The summed E-state index contributed by atoms with van der Waals surface area (Å²) in [4.78, 5) is 29.7. The molecule has 4 heteroatoms. The van der Waals surface area contributed by atoms with E-state index in [0.29, 0.717) is 12.8 Å². The third kappa shape index (κ3) is 3.86. The maximum absolute atomic E-state index is 13.6. The van der Waals surface area contributed by atoms with Crippen LogP contribution >= 0.6 is 0 Å². The van der Waals surface area contributed by atoms with E-state index in [9.17, 15) is 9.59 Å². The second kappa shape index (κ2) is 8.54. The van der Waals surface area contributed by atoms with Crippen LogP contribution in [0.5, 0.6) is 0 Å². The summed E-state index contributed by atoms with van der Waals surface area (Å²) in [6.45, 7) is 3.65. The zero-order valence-electron chi connectivity index (χ0n) is 17.4. The van der Waals surface area contributed by atoms with Crippen molar-refractivity contribution in [3.63, 3.8) is 0 Å². The SMILES string of the molecule is CC(=O)N1c2ccccc2[C@@H](N(C(=O)Cc2ccccc2)c2ccccc2)C[C@@H]1C. The second-order valence-electron chi connectivity index (χ2n) is 7.81. The molecule has 2 amide bonds. The van der Waals surface area contributed by atoms with Crippen LogP contribution in [0.1, 0.15) is 37.4 Å². The van der Waals surface area contributed by atoms with Crippen molar-refractivity contribution < 1.29 is 9.59 Å². The summed E-state index contributed by atoms with van der Waals surface area (Å²) in [5.41, 5.74) is 3.77. The van der Waals surface area contributed by atoms with Crippen LogP contribution in [0, 0.1) is 0 Å². The maximum Gasteiger partial charge on any atom is 0.231 e. The molecular formula is C26H26N2O2. The van der Waals surface area contributed by atoms with E-state index in [2.05, 4.69) is 6.92 Å². The van der Waals surface area contributed by atoms with Crippen molar-refractivity contribution in [3.8, 4) is 0 Å². The molecule has 0 saturated heterocycles. The number of anilines is 2. The van der Waals surface area contributed by atoms with Gasteiger partial charge in [0.1, 0.15) is 0 Å². The maximum atomic E-state index is 13.6. The predicted molar refractivity (Wildman–Crippen MR) is 120 cm³/mol. The molecule has 1 aliphatic rings. The minimum Gasteiger partial charge on any atom is -0.309 e. The van der Waals surface area contributed by atoms with Crippen LogP contribution < -0.4 is 9.80 Å². The predicted octanol–water partition coefficient (Wildman–Crippen LogP) is 5.15. The van der Waals surface area contributed by atoms with Crippen LogP contribution in [0.3, 0.4) is 0 Å². The zero-order chi connectivity index (χ0) is 21.1. The Kier molecular flexibility index (Phi) is 5.66. The summed E-state index contributed by atoms with van der Waals surface area (Å²) < 4.78 is 0. The minimum atomic E-state index is -0.134. The van der Waals surface area contributed by atoms with E-state index in [1.165, 1.54) is 0 Å². The second-order valence-corrected chi connectivity index (χ2v) is 7.81. The quantitative estimate of drug-likeness (QED) is 0.610. The summed E-state index contributed by atoms with van der Waals surface area (Å²) in [5.74, 6) is 0.0750. The largest absolute Gasteiger partial charge is 0.309 e. The summed E-state index contributed by atoms with van der Waals surface area (Å²) in [6, 6.07) is 27.5. The Labute approximate surface area is 177 Å². The van der Waals surface area contributed by atoms with Crippen LogP contribution in [0.4, 0.5) is 11.4 Å². The Balaban J connectivity index is 1.78. The molecule has 3 aromatic carbocycles. The van der Waals surface area contributed by atoms with Crippen molar-refractivity contribution in [2.24, 2.45) is 0 Å². The van der Waals surface area contributed by atoms with Crippen molar-refractivity contribution in [2.45, 2.75) is 38.8 Å².